The summed E-state index contributed by atoms with van der Waals surface area (Å²) in [6, 6.07) is 11.4. The Morgan fingerprint density at radius 2 is 1.79 bits per heavy atom. The summed E-state index contributed by atoms with van der Waals surface area (Å²) in [4.78, 5) is 35.7. The second-order valence-electron chi connectivity index (χ2n) is 6.28. The predicted molar refractivity (Wildman–Crippen MR) is 107 cm³/mol. The molecular formula is C20H24N4O4. The smallest absolute Gasteiger partial charge is 0.269 e. The first-order chi connectivity index (χ1) is 13.3. The zero-order valence-corrected chi connectivity index (χ0v) is 16.3. The maximum Gasteiger partial charge on any atom is 0.269 e. The third-order valence-corrected chi connectivity index (χ3v) is 3.86. The molecule has 3 amide bonds. The summed E-state index contributed by atoms with van der Waals surface area (Å²) in [7, 11) is 1.51. The molecule has 2 aromatic carbocycles. The van der Waals surface area contributed by atoms with Gasteiger partial charge in [-0.05, 0) is 44.2 Å². The summed E-state index contributed by atoms with van der Waals surface area (Å²) in [6.07, 6.45) is 0. The van der Waals surface area contributed by atoms with Crippen molar-refractivity contribution in [1.82, 2.24) is 10.9 Å². The van der Waals surface area contributed by atoms with Crippen molar-refractivity contribution in [3.05, 3.63) is 53.6 Å². The van der Waals surface area contributed by atoms with Crippen LogP contribution in [0.25, 0.3) is 0 Å². The third-order valence-electron chi connectivity index (χ3n) is 3.86. The second kappa shape index (κ2) is 9.40. The second-order valence-corrected chi connectivity index (χ2v) is 6.28. The summed E-state index contributed by atoms with van der Waals surface area (Å²) >= 11 is 0. The molecule has 0 saturated heterocycles. The van der Waals surface area contributed by atoms with E-state index in [2.05, 4.69) is 21.5 Å². The molecule has 0 spiro atoms. The first-order valence-corrected chi connectivity index (χ1v) is 8.69. The molecule has 0 bridgehead atoms. The van der Waals surface area contributed by atoms with E-state index in [9.17, 15) is 14.4 Å². The normalized spacial score (nSPS) is 11.1. The summed E-state index contributed by atoms with van der Waals surface area (Å²) in [6.45, 7) is 4.92. The van der Waals surface area contributed by atoms with E-state index in [-0.39, 0.29) is 5.91 Å². The summed E-state index contributed by atoms with van der Waals surface area (Å²) in [5.41, 5.74) is 7.27. The standard InChI is InChI=1S/C20H24N4O4/c1-12-6-5-7-15(10-12)20(27)24-23-19(26)13(2)21-17-11-16(22-14(3)25)8-9-18(17)28-4/h5-11,13,21H,1-4H3,(H,22,25)(H,23,26)(H,24,27). The van der Waals surface area contributed by atoms with Crippen LogP contribution in [-0.2, 0) is 9.59 Å². The number of anilines is 2. The fourth-order valence-corrected chi connectivity index (χ4v) is 2.49. The lowest BCUT2D eigenvalue weighted by molar-refractivity contribution is -0.122. The number of carbonyl (C=O) groups excluding carboxylic acids is 3. The fraction of sp³-hybridized carbons (Fsp3) is 0.250. The number of methoxy groups -OCH3 is 1. The van der Waals surface area contributed by atoms with Gasteiger partial charge in [-0.3, -0.25) is 25.2 Å². The van der Waals surface area contributed by atoms with Gasteiger partial charge in [-0.25, -0.2) is 0 Å². The van der Waals surface area contributed by atoms with Crippen molar-refractivity contribution in [2.24, 2.45) is 0 Å². The number of rotatable bonds is 6. The van der Waals surface area contributed by atoms with Crippen LogP contribution in [-0.4, -0.2) is 30.9 Å². The van der Waals surface area contributed by atoms with E-state index >= 15 is 0 Å². The lowest BCUT2D eigenvalue weighted by atomic mass is 10.1. The maximum atomic E-state index is 12.3. The number of hydrogen-bond acceptors (Lipinski definition) is 5. The van der Waals surface area contributed by atoms with Crippen molar-refractivity contribution < 1.29 is 19.1 Å². The van der Waals surface area contributed by atoms with E-state index in [1.807, 2.05) is 13.0 Å². The minimum atomic E-state index is -0.681. The van der Waals surface area contributed by atoms with Gasteiger partial charge in [0.2, 0.25) is 5.91 Å². The lowest BCUT2D eigenvalue weighted by Crippen LogP contribution is -2.47. The van der Waals surface area contributed by atoms with E-state index in [1.54, 1.807) is 43.3 Å². The van der Waals surface area contributed by atoms with Crippen LogP contribution in [0.2, 0.25) is 0 Å². The van der Waals surface area contributed by atoms with Crippen LogP contribution in [0.15, 0.2) is 42.5 Å². The Morgan fingerprint density at radius 1 is 1.04 bits per heavy atom. The quantitative estimate of drug-likeness (QED) is 0.571. The van der Waals surface area contributed by atoms with Gasteiger partial charge in [0.05, 0.1) is 12.8 Å². The van der Waals surface area contributed by atoms with E-state index in [4.69, 9.17) is 4.74 Å². The average molecular weight is 384 g/mol. The molecule has 4 N–H and O–H groups in total. The van der Waals surface area contributed by atoms with Crippen molar-refractivity contribution in [3.63, 3.8) is 0 Å². The largest absolute Gasteiger partial charge is 0.495 e. The Bertz CT molecular complexity index is 882. The molecular weight excluding hydrogens is 360 g/mol. The molecule has 1 unspecified atom stereocenters. The van der Waals surface area contributed by atoms with Crippen LogP contribution in [0.5, 0.6) is 5.75 Å². The molecule has 0 aromatic heterocycles. The molecule has 148 valence electrons. The Hall–Kier alpha value is -3.55. The van der Waals surface area contributed by atoms with Crippen molar-refractivity contribution in [2.45, 2.75) is 26.8 Å². The molecule has 8 heteroatoms. The molecule has 0 aliphatic heterocycles. The topological polar surface area (TPSA) is 109 Å². The minimum Gasteiger partial charge on any atom is -0.495 e. The van der Waals surface area contributed by atoms with Crippen LogP contribution >= 0.6 is 0 Å². The minimum absolute atomic E-state index is 0.208. The highest BCUT2D eigenvalue weighted by atomic mass is 16.5. The summed E-state index contributed by atoms with van der Waals surface area (Å²) in [5.74, 6) is -0.541. The molecule has 28 heavy (non-hydrogen) atoms. The first-order valence-electron chi connectivity index (χ1n) is 8.69. The van der Waals surface area contributed by atoms with Crippen LogP contribution in [0.3, 0.4) is 0 Å². The summed E-state index contributed by atoms with van der Waals surface area (Å²) < 4.78 is 5.28. The number of carbonyl (C=O) groups is 3. The first kappa shape index (κ1) is 20.8. The van der Waals surface area contributed by atoms with Crippen LogP contribution in [0.1, 0.15) is 29.8 Å². The molecule has 8 nitrogen and oxygen atoms in total. The molecule has 2 rings (SSSR count). The monoisotopic (exact) mass is 384 g/mol. The number of nitrogens with one attached hydrogen (secondary N) is 4. The number of aryl methyl sites for hydroxylation is 1. The number of hydrogen-bond donors (Lipinski definition) is 4. The molecule has 0 fully saturated rings. The van der Waals surface area contributed by atoms with Gasteiger partial charge < -0.3 is 15.4 Å². The van der Waals surface area contributed by atoms with E-state index in [0.717, 1.165) is 5.56 Å². The van der Waals surface area contributed by atoms with E-state index < -0.39 is 17.9 Å². The average Bonchev–Trinajstić information content (AvgIpc) is 2.65. The van der Waals surface area contributed by atoms with Crippen LogP contribution in [0, 0.1) is 6.92 Å². The SMILES string of the molecule is COc1ccc(NC(C)=O)cc1NC(C)C(=O)NNC(=O)c1cccc(C)c1. The highest BCUT2D eigenvalue weighted by molar-refractivity contribution is 5.96. The van der Waals surface area contributed by atoms with Crippen molar-refractivity contribution >= 4 is 29.1 Å². The van der Waals surface area contributed by atoms with Gasteiger partial charge in [-0.1, -0.05) is 17.7 Å². The molecule has 2 aromatic rings. The van der Waals surface area contributed by atoms with Gasteiger partial charge >= 0.3 is 0 Å². The van der Waals surface area contributed by atoms with Crippen LogP contribution < -0.4 is 26.2 Å². The van der Waals surface area contributed by atoms with E-state index in [0.29, 0.717) is 22.7 Å². The molecule has 0 saturated carbocycles. The van der Waals surface area contributed by atoms with Gasteiger partial charge in [0, 0.05) is 18.2 Å². The highest BCUT2D eigenvalue weighted by Crippen LogP contribution is 2.28. The predicted octanol–water partition coefficient (Wildman–Crippen LogP) is 2.22. The molecule has 0 aliphatic rings. The van der Waals surface area contributed by atoms with Gasteiger partial charge in [-0.15, -0.1) is 0 Å². The van der Waals surface area contributed by atoms with Gasteiger partial charge in [0.15, 0.2) is 0 Å². The Balaban J connectivity index is 1.99. The third kappa shape index (κ3) is 5.73. The summed E-state index contributed by atoms with van der Waals surface area (Å²) in [5, 5.41) is 5.68. The molecule has 0 heterocycles. The number of amides is 3. The zero-order valence-electron chi connectivity index (χ0n) is 16.3. The number of hydrazine groups is 1. The maximum absolute atomic E-state index is 12.3. The molecule has 0 radical (unpaired) electrons. The Morgan fingerprint density at radius 3 is 2.43 bits per heavy atom. The number of ether oxygens (including phenoxy) is 1. The Labute approximate surface area is 163 Å². The molecule has 1 atom stereocenters. The van der Waals surface area contributed by atoms with Crippen LogP contribution in [0.4, 0.5) is 11.4 Å². The van der Waals surface area contributed by atoms with Gasteiger partial charge in [-0.2, -0.15) is 0 Å². The van der Waals surface area contributed by atoms with E-state index in [1.165, 1.54) is 14.0 Å². The number of benzene rings is 2. The lowest BCUT2D eigenvalue weighted by Gasteiger charge is -2.18. The van der Waals surface area contributed by atoms with Crippen molar-refractivity contribution in [3.8, 4) is 5.75 Å². The van der Waals surface area contributed by atoms with Gasteiger partial charge in [0.1, 0.15) is 11.8 Å². The zero-order chi connectivity index (χ0) is 20.7. The van der Waals surface area contributed by atoms with Gasteiger partial charge in [0.25, 0.3) is 11.8 Å². The van der Waals surface area contributed by atoms with Crippen molar-refractivity contribution in [2.75, 3.05) is 17.7 Å². The fourth-order valence-electron chi connectivity index (χ4n) is 2.49. The molecule has 0 aliphatic carbocycles. The Kier molecular flexibility index (Phi) is 6.97. The van der Waals surface area contributed by atoms with Crippen molar-refractivity contribution in [1.29, 1.82) is 0 Å². The highest BCUT2D eigenvalue weighted by Gasteiger charge is 2.16.